The number of urea groups is 1. The summed E-state index contributed by atoms with van der Waals surface area (Å²) in [6.45, 7) is 2.19. The van der Waals surface area contributed by atoms with E-state index in [1.54, 1.807) is 9.80 Å². The largest absolute Gasteiger partial charge is 0.370 e. The molecule has 0 aliphatic carbocycles. The zero-order valence-electron chi connectivity index (χ0n) is 15.8. The van der Waals surface area contributed by atoms with Gasteiger partial charge in [-0.25, -0.2) is 4.79 Å². The molecule has 6 heteroatoms. The van der Waals surface area contributed by atoms with Gasteiger partial charge in [0.05, 0.1) is 19.7 Å². The number of para-hydroxylation sites is 1. The number of carbonyl (C=O) groups excluding carboxylic acids is 2. The lowest BCUT2D eigenvalue weighted by molar-refractivity contribution is -0.117. The van der Waals surface area contributed by atoms with Gasteiger partial charge in [-0.05, 0) is 30.0 Å². The molecule has 2 heterocycles. The van der Waals surface area contributed by atoms with E-state index in [4.69, 9.17) is 4.74 Å². The molecule has 28 heavy (non-hydrogen) atoms. The van der Waals surface area contributed by atoms with Crippen LogP contribution in [0.2, 0.25) is 0 Å². The Balaban J connectivity index is 1.34. The van der Waals surface area contributed by atoms with Crippen LogP contribution >= 0.6 is 0 Å². The average Bonchev–Trinajstić information content (AvgIpc) is 2.77. The van der Waals surface area contributed by atoms with Crippen LogP contribution in [0.5, 0.6) is 0 Å². The maximum Gasteiger partial charge on any atom is 0.318 e. The highest BCUT2D eigenvalue weighted by Crippen LogP contribution is 2.26. The van der Waals surface area contributed by atoms with Gasteiger partial charge in [-0.2, -0.15) is 0 Å². The summed E-state index contributed by atoms with van der Waals surface area (Å²) in [4.78, 5) is 28.8. The van der Waals surface area contributed by atoms with Gasteiger partial charge in [0, 0.05) is 18.8 Å². The molecule has 1 fully saturated rings. The van der Waals surface area contributed by atoms with Crippen LogP contribution in [0.25, 0.3) is 0 Å². The second kappa shape index (κ2) is 8.44. The maximum absolute atomic E-state index is 12.7. The first-order chi connectivity index (χ1) is 13.7. The molecule has 1 atom stereocenters. The SMILES string of the molecule is O=C(NCC(=O)N1CCCc2ccccc21)N1CCOC(c2ccccc2)C1. The van der Waals surface area contributed by atoms with Gasteiger partial charge >= 0.3 is 6.03 Å². The van der Waals surface area contributed by atoms with Crippen molar-refractivity contribution in [2.24, 2.45) is 0 Å². The highest BCUT2D eigenvalue weighted by molar-refractivity contribution is 5.97. The van der Waals surface area contributed by atoms with E-state index < -0.39 is 0 Å². The average molecular weight is 379 g/mol. The fourth-order valence-corrected chi connectivity index (χ4v) is 3.85. The summed E-state index contributed by atoms with van der Waals surface area (Å²) in [5, 5.41) is 2.79. The summed E-state index contributed by atoms with van der Waals surface area (Å²) in [6.07, 6.45) is 1.80. The van der Waals surface area contributed by atoms with Crippen LogP contribution in [0, 0.1) is 0 Å². The first-order valence-electron chi connectivity index (χ1n) is 9.80. The first kappa shape index (κ1) is 18.5. The van der Waals surface area contributed by atoms with Crippen molar-refractivity contribution in [2.75, 3.05) is 37.7 Å². The molecule has 3 amide bonds. The van der Waals surface area contributed by atoms with Crippen LogP contribution in [0.3, 0.4) is 0 Å². The van der Waals surface area contributed by atoms with Gasteiger partial charge in [0.25, 0.3) is 0 Å². The van der Waals surface area contributed by atoms with Crippen molar-refractivity contribution in [3.8, 4) is 0 Å². The summed E-state index contributed by atoms with van der Waals surface area (Å²) in [5.41, 5.74) is 3.21. The van der Waals surface area contributed by atoms with Crippen LogP contribution in [0.4, 0.5) is 10.5 Å². The van der Waals surface area contributed by atoms with Gasteiger partial charge in [0.15, 0.2) is 0 Å². The minimum absolute atomic E-state index is 0.000524. The van der Waals surface area contributed by atoms with Gasteiger partial charge in [0.1, 0.15) is 6.10 Å². The lowest BCUT2D eigenvalue weighted by Gasteiger charge is -2.33. The van der Waals surface area contributed by atoms with Crippen LogP contribution in [-0.4, -0.2) is 49.6 Å². The Bertz CT molecular complexity index is 840. The molecule has 2 aromatic carbocycles. The number of aryl methyl sites for hydroxylation is 1. The molecular weight excluding hydrogens is 354 g/mol. The second-order valence-electron chi connectivity index (χ2n) is 7.15. The molecule has 1 saturated heterocycles. The van der Waals surface area contributed by atoms with E-state index in [9.17, 15) is 9.59 Å². The number of morpholine rings is 1. The Morgan fingerprint density at radius 1 is 1.04 bits per heavy atom. The fraction of sp³-hybridized carbons (Fsp3) is 0.364. The van der Waals surface area contributed by atoms with Crippen molar-refractivity contribution in [2.45, 2.75) is 18.9 Å². The maximum atomic E-state index is 12.7. The zero-order valence-corrected chi connectivity index (χ0v) is 15.8. The zero-order chi connectivity index (χ0) is 19.3. The summed E-state index contributed by atoms with van der Waals surface area (Å²) >= 11 is 0. The molecule has 0 spiro atoms. The minimum atomic E-state index is -0.220. The highest BCUT2D eigenvalue weighted by Gasteiger charge is 2.27. The molecule has 1 unspecified atom stereocenters. The van der Waals surface area contributed by atoms with Crippen molar-refractivity contribution in [1.29, 1.82) is 0 Å². The highest BCUT2D eigenvalue weighted by atomic mass is 16.5. The van der Waals surface area contributed by atoms with E-state index in [1.807, 2.05) is 48.5 Å². The predicted octanol–water partition coefficient (Wildman–Crippen LogP) is 2.75. The number of rotatable bonds is 3. The van der Waals surface area contributed by atoms with Crippen molar-refractivity contribution < 1.29 is 14.3 Å². The number of carbonyl (C=O) groups is 2. The third-order valence-corrected chi connectivity index (χ3v) is 5.33. The normalized spacial score (nSPS) is 19.1. The van der Waals surface area contributed by atoms with E-state index in [0.717, 1.165) is 24.1 Å². The summed E-state index contributed by atoms with van der Waals surface area (Å²) < 4.78 is 5.81. The molecule has 0 saturated carbocycles. The number of amides is 3. The van der Waals surface area contributed by atoms with E-state index in [1.165, 1.54) is 5.56 Å². The Morgan fingerprint density at radius 2 is 1.82 bits per heavy atom. The first-order valence-corrected chi connectivity index (χ1v) is 9.80. The molecule has 2 aromatic rings. The quantitative estimate of drug-likeness (QED) is 0.892. The van der Waals surface area contributed by atoms with Crippen molar-refractivity contribution >= 4 is 17.6 Å². The molecular formula is C22H25N3O3. The smallest absolute Gasteiger partial charge is 0.318 e. The lowest BCUT2D eigenvalue weighted by atomic mass is 10.0. The molecule has 0 bridgehead atoms. The summed E-state index contributed by atoms with van der Waals surface area (Å²) in [5.74, 6) is -0.0756. The van der Waals surface area contributed by atoms with Crippen LogP contribution in [-0.2, 0) is 16.0 Å². The number of hydrogen-bond donors (Lipinski definition) is 1. The van der Waals surface area contributed by atoms with Gasteiger partial charge in [0.2, 0.25) is 5.91 Å². The number of nitrogens with zero attached hydrogens (tertiary/aromatic N) is 2. The summed E-state index contributed by atoms with van der Waals surface area (Å²) in [6, 6.07) is 17.7. The molecule has 2 aliphatic rings. The Morgan fingerprint density at radius 3 is 2.68 bits per heavy atom. The number of ether oxygens (including phenoxy) is 1. The molecule has 146 valence electrons. The summed E-state index contributed by atoms with van der Waals surface area (Å²) in [7, 11) is 0. The number of anilines is 1. The van der Waals surface area contributed by atoms with Gasteiger partial charge in [-0.1, -0.05) is 48.5 Å². The molecule has 2 aliphatic heterocycles. The number of hydrogen-bond acceptors (Lipinski definition) is 3. The fourth-order valence-electron chi connectivity index (χ4n) is 3.85. The van der Waals surface area contributed by atoms with Gasteiger partial charge < -0.3 is 19.9 Å². The van der Waals surface area contributed by atoms with E-state index >= 15 is 0 Å². The van der Waals surface area contributed by atoms with Crippen LogP contribution in [0.15, 0.2) is 54.6 Å². The third kappa shape index (κ3) is 4.02. The third-order valence-electron chi connectivity index (χ3n) is 5.33. The topological polar surface area (TPSA) is 61.9 Å². The molecule has 6 nitrogen and oxygen atoms in total. The van der Waals surface area contributed by atoms with E-state index in [2.05, 4.69) is 11.4 Å². The molecule has 0 radical (unpaired) electrons. The standard InChI is InChI=1S/C22H25N3O3/c26-21(25-12-6-10-17-7-4-5-11-19(17)25)15-23-22(27)24-13-14-28-20(16-24)18-8-2-1-3-9-18/h1-5,7-9,11,20H,6,10,12-16H2,(H,23,27). The molecule has 4 rings (SSSR count). The number of fused-ring (bicyclic) bond motifs is 1. The number of benzene rings is 2. The van der Waals surface area contributed by atoms with E-state index in [-0.39, 0.29) is 24.6 Å². The predicted molar refractivity (Wildman–Crippen MR) is 107 cm³/mol. The molecule has 1 N–H and O–H groups in total. The number of nitrogens with one attached hydrogen (secondary N) is 1. The van der Waals surface area contributed by atoms with Crippen LogP contribution in [0.1, 0.15) is 23.7 Å². The van der Waals surface area contributed by atoms with Crippen LogP contribution < -0.4 is 10.2 Å². The monoisotopic (exact) mass is 379 g/mol. The Hall–Kier alpha value is -2.86. The lowest BCUT2D eigenvalue weighted by Crippen LogP contribution is -2.50. The van der Waals surface area contributed by atoms with Gasteiger partial charge in [-0.15, -0.1) is 0 Å². The van der Waals surface area contributed by atoms with E-state index in [0.29, 0.717) is 26.2 Å². The van der Waals surface area contributed by atoms with Gasteiger partial charge in [-0.3, -0.25) is 4.79 Å². The Labute approximate surface area is 165 Å². The minimum Gasteiger partial charge on any atom is -0.370 e. The Kier molecular flexibility index (Phi) is 5.58. The van der Waals surface area contributed by atoms with Crippen molar-refractivity contribution in [1.82, 2.24) is 10.2 Å². The van der Waals surface area contributed by atoms with Crippen molar-refractivity contribution in [3.05, 3.63) is 65.7 Å². The second-order valence-corrected chi connectivity index (χ2v) is 7.15. The van der Waals surface area contributed by atoms with Crippen molar-refractivity contribution in [3.63, 3.8) is 0 Å². The molecule has 0 aromatic heterocycles.